The van der Waals surface area contributed by atoms with Crippen molar-refractivity contribution in [1.29, 1.82) is 0 Å². The Morgan fingerprint density at radius 2 is 1.93 bits per heavy atom. The molecule has 0 radical (unpaired) electrons. The van der Waals surface area contributed by atoms with Crippen LogP contribution in [0.5, 0.6) is 5.75 Å². The number of anilines is 1. The van der Waals surface area contributed by atoms with E-state index in [1.54, 1.807) is 37.6 Å². The third-order valence-corrected chi connectivity index (χ3v) is 5.48. The molecule has 158 valence electrons. The highest BCUT2D eigenvalue weighted by Crippen LogP contribution is 2.41. The fourth-order valence-corrected chi connectivity index (χ4v) is 4.28. The average Bonchev–Trinajstić information content (AvgIpc) is 2.67. The molecule has 5 nitrogen and oxygen atoms in total. The molecule has 1 amide bonds. The van der Waals surface area contributed by atoms with Crippen LogP contribution < -0.4 is 15.1 Å². The van der Waals surface area contributed by atoms with Crippen LogP contribution in [-0.2, 0) is 0 Å². The van der Waals surface area contributed by atoms with Crippen molar-refractivity contribution in [2.75, 3.05) is 12.0 Å². The standard InChI is InChI=1S/C25H31N3O2/c1-16(2)28-23-11-17(3)20(13-22(23)18(4)14-25(28,5)6)15-26-27-24(29)19-9-8-10-21(12-19)30-7/h8-16H,1-7H3,(H,27,29)/b26-15-. The summed E-state index contributed by atoms with van der Waals surface area (Å²) in [4.78, 5) is 14.8. The number of allylic oxidation sites excluding steroid dienone is 1. The van der Waals surface area contributed by atoms with Crippen molar-refractivity contribution in [2.45, 2.75) is 53.1 Å². The zero-order valence-electron chi connectivity index (χ0n) is 18.9. The van der Waals surface area contributed by atoms with Crippen molar-refractivity contribution in [2.24, 2.45) is 5.10 Å². The molecule has 1 heterocycles. The third kappa shape index (κ3) is 4.25. The molecule has 2 aromatic carbocycles. The number of nitrogens with zero attached hydrogens (tertiary/aromatic N) is 2. The quantitative estimate of drug-likeness (QED) is 0.551. The van der Waals surface area contributed by atoms with Crippen LogP contribution in [-0.4, -0.2) is 30.8 Å². The average molecular weight is 406 g/mol. The molecule has 2 aromatic rings. The number of ether oxygens (including phenoxy) is 1. The van der Waals surface area contributed by atoms with Crippen LogP contribution >= 0.6 is 0 Å². The Balaban J connectivity index is 1.86. The molecule has 5 heteroatoms. The number of amides is 1. The lowest BCUT2D eigenvalue weighted by Crippen LogP contribution is -2.49. The van der Waals surface area contributed by atoms with E-state index in [0.29, 0.717) is 17.4 Å². The lowest BCUT2D eigenvalue weighted by atomic mass is 9.86. The van der Waals surface area contributed by atoms with Gasteiger partial charge in [-0.2, -0.15) is 5.10 Å². The maximum absolute atomic E-state index is 12.4. The van der Waals surface area contributed by atoms with Crippen molar-refractivity contribution in [3.05, 3.63) is 64.7 Å². The first-order chi connectivity index (χ1) is 14.1. The normalized spacial score (nSPS) is 15.2. The van der Waals surface area contributed by atoms with Crippen LogP contribution in [0.3, 0.4) is 0 Å². The zero-order valence-corrected chi connectivity index (χ0v) is 18.9. The number of hydrogen-bond donors (Lipinski definition) is 1. The summed E-state index contributed by atoms with van der Waals surface area (Å²) in [6, 6.07) is 11.8. The van der Waals surface area contributed by atoms with Crippen molar-refractivity contribution in [3.8, 4) is 5.75 Å². The molecule has 1 aliphatic heterocycles. The van der Waals surface area contributed by atoms with E-state index >= 15 is 0 Å². The molecule has 0 atom stereocenters. The van der Waals surface area contributed by atoms with E-state index in [1.807, 2.05) is 0 Å². The van der Waals surface area contributed by atoms with E-state index in [2.05, 4.69) is 75.2 Å². The molecule has 0 fully saturated rings. The molecule has 0 aliphatic carbocycles. The van der Waals surface area contributed by atoms with Gasteiger partial charge in [0.05, 0.1) is 18.9 Å². The van der Waals surface area contributed by atoms with Gasteiger partial charge in [0.1, 0.15) is 5.75 Å². The molecular formula is C25H31N3O2. The largest absolute Gasteiger partial charge is 0.497 e. The van der Waals surface area contributed by atoms with Gasteiger partial charge in [0, 0.05) is 22.9 Å². The maximum Gasteiger partial charge on any atom is 0.271 e. The summed E-state index contributed by atoms with van der Waals surface area (Å²) in [5.41, 5.74) is 8.86. The molecule has 3 rings (SSSR count). The number of hydrogen-bond acceptors (Lipinski definition) is 4. The Bertz CT molecular complexity index is 1020. The molecule has 30 heavy (non-hydrogen) atoms. The van der Waals surface area contributed by atoms with Crippen LogP contribution in [0.1, 0.15) is 61.7 Å². The van der Waals surface area contributed by atoms with Crippen LogP contribution in [0, 0.1) is 6.92 Å². The van der Waals surface area contributed by atoms with Crippen molar-refractivity contribution < 1.29 is 9.53 Å². The number of rotatable bonds is 5. The molecule has 0 aromatic heterocycles. The maximum atomic E-state index is 12.4. The first kappa shape index (κ1) is 21.6. The lowest BCUT2D eigenvalue weighted by Gasteiger charge is -2.46. The second-order valence-electron chi connectivity index (χ2n) is 8.60. The van der Waals surface area contributed by atoms with Crippen LogP contribution in [0.4, 0.5) is 5.69 Å². The van der Waals surface area contributed by atoms with Gasteiger partial charge in [-0.05, 0) is 88.6 Å². The Morgan fingerprint density at radius 3 is 2.60 bits per heavy atom. The summed E-state index contributed by atoms with van der Waals surface area (Å²) in [7, 11) is 1.58. The van der Waals surface area contributed by atoms with Gasteiger partial charge in [-0.15, -0.1) is 0 Å². The predicted octanol–water partition coefficient (Wildman–Crippen LogP) is 5.18. The zero-order chi connectivity index (χ0) is 22.1. The van der Waals surface area contributed by atoms with E-state index in [9.17, 15) is 4.79 Å². The molecule has 0 spiro atoms. The third-order valence-electron chi connectivity index (χ3n) is 5.48. The highest BCUT2D eigenvalue weighted by Gasteiger charge is 2.33. The minimum atomic E-state index is -0.274. The van der Waals surface area contributed by atoms with E-state index in [-0.39, 0.29) is 11.4 Å². The summed E-state index contributed by atoms with van der Waals surface area (Å²) >= 11 is 0. The van der Waals surface area contributed by atoms with Crippen molar-refractivity contribution in [3.63, 3.8) is 0 Å². The fraction of sp³-hybridized carbons (Fsp3) is 0.360. The highest BCUT2D eigenvalue weighted by atomic mass is 16.5. The Kier molecular flexibility index (Phi) is 6.01. The number of benzene rings is 2. The van der Waals surface area contributed by atoms with Gasteiger partial charge in [-0.3, -0.25) is 4.79 Å². The molecule has 1 N–H and O–H groups in total. The number of hydrazone groups is 1. The summed E-state index contributed by atoms with van der Waals surface area (Å²) in [6.07, 6.45) is 4.02. The molecule has 0 bridgehead atoms. The predicted molar refractivity (Wildman–Crippen MR) is 125 cm³/mol. The molecule has 0 saturated carbocycles. The fourth-order valence-electron chi connectivity index (χ4n) is 4.28. The second-order valence-corrected chi connectivity index (χ2v) is 8.60. The monoisotopic (exact) mass is 405 g/mol. The number of fused-ring (bicyclic) bond motifs is 1. The minimum absolute atomic E-state index is 0.0436. The van der Waals surface area contributed by atoms with E-state index in [4.69, 9.17) is 4.74 Å². The van der Waals surface area contributed by atoms with Gasteiger partial charge in [0.15, 0.2) is 0 Å². The number of carbonyl (C=O) groups is 1. The minimum Gasteiger partial charge on any atom is -0.497 e. The van der Waals surface area contributed by atoms with E-state index in [0.717, 1.165) is 11.1 Å². The van der Waals surface area contributed by atoms with E-state index < -0.39 is 0 Å². The Labute approximate surface area is 179 Å². The van der Waals surface area contributed by atoms with Gasteiger partial charge in [-0.1, -0.05) is 12.1 Å². The van der Waals surface area contributed by atoms with Gasteiger partial charge in [-0.25, -0.2) is 5.43 Å². The number of aryl methyl sites for hydroxylation is 1. The molecular weight excluding hydrogens is 374 g/mol. The first-order valence-electron chi connectivity index (χ1n) is 10.3. The number of carbonyl (C=O) groups excluding carboxylic acids is 1. The van der Waals surface area contributed by atoms with Crippen molar-refractivity contribution in [1.82, 2.24) is 5.43 Å². The smallest absolute Gasteiger partial charge is 0.271 e. The van der Waals surface area contributed by atoms with Gasteiger partial charge < -0.3 is 9.64 Å². The molecule has 0 saturated heterocycles. The van der Waals surface area contributed by atoms with Crippen molar-refractivity contribution >= 4 is 23.4 Å². The summed E-state index contributed by atoms with van der Waals surface area (Å²) in [5.74, 6) is 0.363. The summed E-state index contributed by atoms with van der Waals surface area (Å²) < 4.78 is 5.17. The Hall–Kier alpha value is -3.08. The molecule has 0 unspecified atom stereocenters. The van der Waals surface area contributed by atoms with Crippen LogP contribution in [0.25, 0.3) is 5.57 Å². The summed E-state index contributed by atoms with van der Waals surface area (Å²) in [5, 5.41) is 4.19. The van der Waals surface area contributed by atoms with Crippen LogP contribution in [0.2, 0.25) is 0 Å². The Morgan fingerprint density at radius 1 is 1.20 bits per heavy atom. The summed E-state index contributed by atoms with van der Waals surface area (Å²) in [6.45, 7) is 13.2. The lowest BCUT2D eigenvalue weighted by molar-refractivity contribution is 0.0955. The molecule has 1 aliphatic rings. The number of methoxy groups -OCH3 is 1. The SMILES string of the molecule is COc1cccc(C(=O)N/N=C\c2cc3c(cc2C)N(C(C)C)C(C)(C)C=C3C)c1. The highest BCUT2D eigenvalue weighted by molar-refractivity contribution is 5.95. The van der Waals surface area contributed by atoms with Gasteiger partial charge in [0.25, 0.3) is 5.91 Å². The van der Waals surface area contributed by atoms with Crippen LogP contribution in [0.15, 0.2) is 47.6 Å². The van der Waals surface area contributed by atoms with Gasteiger partial charge >= 0.3 is 0 Å². The topological polar surface area (TPSA) is 53.9 Å². The number of nitrogens with one attached hydrogen (secondary N) is 1. The second kappa shape index (κ2) is 8.34. The van der Waals surface area contributed by atoms with Gasteiger partial charge in [0.2, 0.25) is 0 Å². The first-order valence-corrected chi connectivity index (χ1v) is 10.3. The van der Waals surface area contributed by atoms with E-state index in [1.165, 1.54) is 16.8 Å².